The zero-order valence-corrected chi connectivity index (χ0v) is 25.9. The number of amides is 1. The molecule has 6 atom stereocenters. The van der Waals surface area contributed by atoms with E-state index in [-0.39, 0.29) is 24.2 Å². The lowest BCUT2D eigenvalue weighted by atomic mass is 9.52. The average molecular weight is 616 g/mol. The molecule has 4 aliphatic carbocycles. The number of carbonyl (C=O) groups excluding carboxylic acids is 5. The van der Waals surface area contributed by atoms with Gasteiger partial charge in [0.05, 0.1) is 17.5 Å². The molecule has 4 aliphatic rings. The van der Waals surface area contributed by atoms with Gasteiger partial charge < -0.3 is 15.9 Å². The molecule has 5 rings (SSSR count). The summed E-state index contributed by atoms with van der Waals surface area (Å²) in [6.45, 7) is 4.26. The first kappa shape index (κ1) is 31.8. The Balaban J connectivity index is 1.46. The molecule has 234 valence electrons. The van der Waals surface area contributed by atoms with Crippen molar-refractivity contribution in [2.75, 3.05) is 27.2 Å². The summed E-state index contributed by atoms with van der Waals surface area (Å²) < 4.78 is 0. The number of nitrogens with zero attached hydrogens (tertiary/aromatic N) is 2. The number of likely N-dealkylation sites (N-methyl/N-ethyl adjacent to an activating group) is 1. The van der Waals surface area contributed by atoms with Gasteiger partial charge in [0, 0.05) is 17.5 Å². The van der Waals surface area contributed by atoms with Crippen molar-refractivity contribution < 1.29 is 34.2 Å². The van der Waals surface area contributed by atoms with E-state index < -0.39 is 64.4 Å². The number of aliphatic hydroxyl groups is 1. The van der Waals surface area contributed by atoms with Crippen LogP contribution in [0.2, 0.25) is 5.02 Å². The number of aromatic hydroxyl groups is 1. The third kappa shape index (κ3) is 5.24. The highest BCUT2D eigenvalue weighted by molar-refractivity contribution is 6.34. The number of benzene rings is 1. The minimum atomic E-state index is -2.74. The van der Waals surface area contributed by atoms with Crippen molar-refractivity contribution in [2.24, 2.45) is 35.3 Å². The maximum Gasteiger partial charge on any atom is 0.235 e. The molecule has 0 aliphatic heterocycles. The van der Waals surface area contributed by atoms with Gasteiger partial charge in [0.2, 0.25) is 5.91 Å². The van der Waals surface area contributed by atoms with E-state index in [2.05, 4.69) is 11.8 Å². The van der Waals surface area contributed by atoms with Crippen LogP contribution in [0.15, 0.2) is 6.07 Å². The second-order valence-corrected chi connectivity index (χ2v) is 13.6. The average Bonchev–Trinajstić information content (AvgIpc) is 2.95. The van der Waals surface area contributed by atoms with Gasteiger partial charge in [-0.05, 0) is 75.5 Å². The van der Waals surface area contributed by atoms with Crippen molar-refractivity contribution in [1.82, 2.24) is 9.80 Å². The second kappa shape index (κ2) is 12.0. The van der Waals surface area contributed by atoms with E-state index in [0.717, 1.165) is 25.4 Å². The van der Waals surface area contributed by atoms with Crippen LogP contribution in [0, 0.1) is 29.6 Å². The van der Waals surface area contributed by atoms with Gasteiger partial charge in [-0.15, -0.1) is 0 Å². The zero-order chi connectivity index (χ0) is 31.4. The fraction of sp³-hybridized carbons (Fsp3) is 0.656. The summed E-state index contributed by atoms with van der Waals surface area (Å²) in [5.74, 6) is -9.91. The monoisotopic (exact) mass is 615 g/mol. The van der Waals surface area contributed by atoms with E-state index in [9.17, 15) is 34.2 Å². The lowest BCUT2D eigenvalue weighted by Gasteiger charge is -2.52. The van der Waals surface area contributed by atoms with Gasteiger partial charge in [0.15, 0.2) is 34.7 Å². The molecular weight excluding hydrogens is 574 g/mol. The molecule has 1 aromatic rings. The summed E-state index contributed by atoms with van der Waals surface area (Å²) in [6.07, 6.45) is 7.62. The van der Waals surface area contributed by atoms with Gasteiger partial charge in [-0.25, -0.2) is 0 Å². The molecule has 10 nitrogen and oxygen atoms in total. The van der Waals surface area contributed by atoms with Crippen molar-refractivity contribution in [3.63, 3.8) is 0 Å². The SMILES string of the molecule is CCN(CCC1CCCCC1)Cc1cc(O)c2c(c1Cl)C[C@H]1C[C@H]3[C@H](N(C)C)C(=O)C(C(N)=O)C(=O)[C@@]3(O)C(=O)C1C2=O. The number of ketones is 4. The van der Waals surface area contributed by atoms with E-state index in [4.69, 9.17) is 17.3 Å². The summed E-state index contributed by atoms with van der Waals surface area (Å²) in [5.41, 5.74) is 3.68. The molecule has 43 heavy (non-hydrogen) atoms. The number of primary amides is 1. The molecule has 2 unspecified atom stereocenters. The van der Waals surface area contributed by atoms with Crippen molar-refractivity contribution in [3.8, 4) is 5.75 Å². The van der Waals surface area contributed by atoms with Crippen LogP contribution in [0.3, 0.4) is 0 Å². The Bertz CT molecular complexity index is 1360. The van der Waals surface area contributed by atoms with Gasteiger partial charge in [-0.3, -0.25) is 33.8 Å². The maximum absolute atomic E-state index is 13.9. The van der Waals surface area contributed by atoms with E-state index in [1.54, 1.807) is 14.1 Å². The molecule has 3 saturated carbocycles. The van der Waals surface area contributed by atoms with Gasteiger partial charge in [0.25, 0.3) is 0 Å². The minimum Gasteiger partial charge on any atom is -0.507 e. The van der Waals surface area contributed by atoms with Crippen LogP contribution in [0.4, 0.5) is 0 Å². The number of hydrogen-bond donors (Lipinski definition) is 3. The lowest BCUT2D eigenvalue weighted by Crippen LogP contribution is -2.74. The summed E-state index contributed by atoms with van der Waals surface area (Å²) in [7, 11) is 3.12. The van der Waals surface area contributed by atoms with Crippen LogP contribution in [0.1, 0.15) is 73.4 Å². The zero-order valence-electron chi connectivity index (χ0n) is 25.1. The molecule has 0 radical (unpaired) electrons. The van der Waals surface area contributed by atoms with Gasteiger partial charge in [0.1, 0.15) is 5.75 Å². The van der Waals surface area contributed by atoms with Crippen LogP contribution in [0.5, 0.6) is 5.75 Å². The Morgan fingerprint density at radius 2 is 1.79 bits per heavy atom. The van der Waals surface area contributed by atoms with Gasteiger partial charge in [-0.1, -0.05) is 50.6 Å². The summed E-state index contributed by atoms with van der Waals surface area (Å²) >= 11 is 6.93. The molecule has 1 aromatic carbocycles. The number of carbonyl (C=O) groups is 5. The third-order valence-electron chi connectivity index (χ3n) is 10.5. The molecule has 1 amide bonds. The molecule has 0 bridgehead atoms. The molecule has 4 N–H and O–H groups in total. The Labute approximate surface area is 256 Å². The number of rotatable bonds is 8. The quantitative estimate of drug-likeness (QED) is 0.373. The summed E-state index contributed by atoms with van der Waals surface area (Å²) in [4.78, 5) is 70.4. The number of nitrogens with two attached hydrogens (primary N) is 1. The first-order valence-electron chi connectivity index (χ1n) is 15.4. The lowest BCUT2D eigenvalue weighted by molar-refractivity contribution is -0.181. The van der Waals surface area contributed by atoms with Gasteiger partial charge in [-0.2, -0.15) is 0 Å². The van der Waals surface area contributed by atoms with Crippen LogP contribution < -0.4 is 5.73 Å². The van der Waals surface area contributed by atoms with E-state index in [1.165, 1.54) is 43.1 Å². The Morgan fingerprint density at radius 1 is 1.12 bits per heavy atom. The van der Waals surface area contributed by atoms with E-state index in [0.29, 0.717) is 22.7 Å². The molecule has 0 heterocycles. The van der Waals surface area contributed by atoms with Crippen molar-refractivity contribution >= 4 is 40.6 Å². The normalized spacial score (nSPS) is 31.3. The topological polar surface area (TPSA) is 158 Å². The van der Waals surface area contributed by atoms with Crippen LogP contribution in [-0.2, 0) is 32.1 Å². The minimum absolute atomic E-state index is 0.00626. The Hall–Kier alpha value is -2.66. The molecule has 0 saturated heterocycles. The van der Waals surface area contributed by atoms with Crippen molar-refractivity contribution in [2.45, 2.75) is 76.5 Å². The number of Topliss-reactive ketones (excluding diaryl/α,β-unsaturated/α-hetero) is 4. The first-order valence-corrected chi connectivity index (χ1v) is 15.8. The smallest absolute Gasteiger partial charge is 0.235 e. The third-order valence-corrected chi connectivity index (χ3v) is 11.0. The number of hydrogen-bond acceptors (Lipinski definition) is 9. The Morgan fingerprint density at radius 3 is 2.40 bits per heavy atom. The Kier molecular flexibility index (Phi) is 8.88. The predicted octanol–water partition coefficient (Wildman–Crippen LogP) is 2.31. The standard InChI is InChI=1S/C32H42ClN3O7/c1-4-36(11-10-16-8-6-5-7-9-16)15-18-14-21(37)23-19(25(18)33)12-17-13-20-26(35(2)3)28(39)24(31(34)42)30(41)32(20,43)29(40)22(17)27(23)38/h14,16-17,20,22,24,26,37,43H,4-13,15H2,1-3H3,(H2,34,42)/t17-,20-,22?,24?,26-,32-/m0/s1. The number of halogens is 1. The second-order valence-electron chi connectivity index (χ2n) is 13.2. The fourth-order valence-electron chi connectivity index (χ4n) is 8.25. The molecule has 11 heteroatoms. The van der Waals surface area contributed by atoms with Crippen LogP contribution in [0.25, 0.3) is 0 Å². The van der Waals surface area contributed by atoms with Crippen molar-refractivity contribution in [1.29, 1.82) is 0 Å². The molecule has 3 fully saturated rings. The summed E-state index contributed by atoms with van der Waals surface area (Å²) in [5, 5.41) is 23.1. The highest BCUT2D eigenvalue weighted by Crippen LogP contribution is 2.51. The number of fused-ring (bicyclic) bond motifs is 3. The fourth-order valence-corrected chi connectivity index (χ4v) is 8.54. The van der Waals surface area contributed by atoms with Crippen molar-refractivity contribution in [3.05, 3.63) is 27.8 Å². The maximum atomic E-state index is 13.9. The van der Waals surface area contributed by atoms with Gasteiger partial charge >= 0.3 is 0 Å². The molecule has 0 spiro atoms. The largest absolute Gasteiger partial charge is 0.507 e. The van der Waals surface area contributed by atoms with E-state index in [1.807, 2.05) is 0 Å². The molecule has 0 aromatic heterocycles. The van der Waals surface area contributed by atoms with Crippen LogP contribution >= 0.6 is 11.6 Å². The first-order chi connectivity index (χ1) is 20.3. The van der Waals surface area contributed by atoms with Crippen LogP contribution in [-0.4, -0.2) is 87.9 Å². The number of phenols is 1. The molecular formula is C32H42ClN3O7. The highest BCUT2D eigenvalue weighted by atomic mass is 35.5. The summed E-state index contributed by atoms with van der Waals surface area (Å²) in [6, 6.07) is 0.336. The number of phenolic OH excluding ortho intramolecular Hbond substituents is 1. The predicted molar refractivity (Wildman–Crippen MR) is 159 cm³/mol. The highest BCUT2D eigenvalue weighted by Gasteiger charge is 2.69. The van der Waals surface area contributed by atoms with E-state index >= 15 is 0 Å².